The van der Waals surface area contributed by atoms with Gasteiger partial charge in [0.15, 0.2) is 11.5 Å². The van der Waals surface area contributed by atoms with Crippen LogP contribution in [0, 0.1) is 6.92 Å². The lowest BCUT2D eigenvalue weighted by molar-refractivity contribution is -0.136. The Kier molecular flexibility index (Phi) is 8.55. The smallest absolute Gasteiger partial charge is 0.343 e. The number of anilines is 1. The first kappa shape index (κ1) is 25.0. The van der Waals surface area contributed by atoms with Crippen LogP contribution in [0.1, 0.15) is 28.4 Å². The van der Waals surface area contributed by atoms with E-state index in [9.17, 15) is 14.4 Å². The number of benzene rings is 3. The minimum atomic E-state index is -0.939. The molecule has 0 aliphatic rings. The van der Waals surface area contributed by atoms with E-state index in [1.807, 2.05) is 26.0 Å². The Morgan fingerprint density at radius 1 is 0.914 bits per heavy atom. The van der Waals surface area contributed by atoms with E-state index in [0.29, 0.717) is 34.9 Å². The van der Waals surface area contributed by atoms with Crippen LogP contribution < -0.4 is 25.0 Å². The van der Waals surface area contributed by atoms with Crippen molar-refractivity contribution in [2.24, 2.45) is 5.10 Å². The maximum Gasteiger partial charge on any atom is 0.343 e. The zero-order valence-electron chi connectivity index (χ0n) is 19.5. The van der Waals surface area contributed by atoms with Crippen LogP contribution in [0.2, 0.25) is 0 Å². The average molecular weight is 476 g/mol. The topological polar surface area (TPSA) is 115 Å². The molecule has 0 bridgehead atoms. The third-order valence-corrected chi connectivity index (χ3v) is 4.69. The molecular formula is C26H25N3O6. The zero-order chi connectivity index (χ0) is 25.2. The number of carbonyl (C=O) groups excluding carboxylic acids is 3. The molecule has 0 aromatic heterocycles. The second kappa shape index (κ2) is 12.0. The van der Waals surface area contributed by atoms with E-state index < -0.39 is 17.8 Å². The van der Waals surface area contributed by atoms with Crippen molar-refractivity contribution in [1.29, 1.82) is 0 Å². The summed E-state index contributed by atoms with van der Waals surface area (Å²) in [6.45, 7) is 4.32. The standard InChI is InChI=1S/C26H25N3O6/c1-4-34-21-12-10-20(11-13-21)28-24(30)25(31)29-27-16-18-7-14-22(23(15-18)33-3)35-26(32)19-8-5-17(2)6-9-19/h5-16H,4H2,1-3H3,(H,28,30)(H,29,31). The predicted molar refractivity (Wildman–Crippen MR) is 131 cm³/mol. The largest absolute Gasteiger partial charge is 0.494 e. The molecule has 180 valence electrons. The van der Waals surface area contributed by atoms with Crippen molar-refractivity contribution >= 4 is 29.7 Å². The minimum Gasteiger partial charge on any atom is -0.494 e. The van der Waals surface area contributed by atoms with Crippen LogP contribution in [0.15, 0.2) is 71.8 Å². The number of nitrogens with zero attached hydrogens (tertiary/aromatic N) is 1. The summed E-state index contributed by atoms with van der Waals surface area (Å²) in [6.07, 6.45) is 1.33. The lowest BCUT2D eigenvalue weighted by Crippen LogP contribution is -2.32. The molecule has 3 aromatic carbocycles. The lowest BCUT2D eigenvalue weighted by Gasteiger charge is -2.10. The molecule has 35 heavy (non-hydrogen) atoms. The van der Waals surface area contributed by atoms with Gasteiger partial charge >= 0.3 is 17.8 Å². The summed E-state index contributed by atoms with van der Waals surface area (Å²) >= 11 is 0. The van der Waals surface area contributed by atoms with Crippen LogP contribution in [0.25, 0.3) is 0 Å². The first-order valence-electron chi connectivity index (χ1n) is 10.7. The van der Waals surface area contributed by atoms with Crippen LogP contribution in [-0.2, 0) is 9.59 Å². The Balaban J connectivity index is 1.57. The molecule has 9 nitrogen and oxygen atoms in total. The van der Waals surface area contributed by atoms with Gasteiger partial charge in [0.1, 0.15) is 5.75 Å². The van der Waals surface area contributed by atoms with Gasteiger partial charge in [0, 0.05) is 5.69 Å². The van der Waals surface area contributed by atoms with E-state index in [1.165, 1.54) is 13.3 Å². The Hall–Kier alpha value is -4.66. The molecule has 0 atom stereocenters. The number of hydrazone groups is 1. The Labute approximate surface area is 202 Å². The van der Waals surface area contributed by atoms with Crippen molar-refractivity contribution in [3.8, 4) is 17.2 Å². The molecule has 0 heterocycles. The molecule has 3 rings (SSSR count). The second-order valence-electron chi connectivity index (χ2n) is 7.28. The summed E-state index contributed by atoms with van der Waals surface area (Å²) in [7, 11) is 1.44. The molecule has 3 aromatic rings. The summed E-state index contributed by atoms with van der Waals surface area (Å²) < 4.78 is 16.1. The van der Waals surface area contributed by atoms with Crippen LogP contribution in [0.5, 0.6) is 17.2 Å². The van der Waals surface area contributed by atoms with E-state index in [0.717, 1.165) is 5.56 Å². The number of hydrogen-bond donors (Lipinski definition) is 2. The number of amides is 2. The minimum absolute atomic E-state index is 0.231. The highest BCUT2D eigenvalue weighted by molar-refractivity contribution is 6.39. The van der Waals surface area contributed by atoms with Gasteiger partial charge in [-0.3, -0.25) is 9.59 Å². The van der Waals surface area contributed by atoms with Crippen molar-refractivity contribution in [1.82, 2.24) is 5.43 Å². The van der Waals surface area contributed by atoms with Crippen molar-refractivity contribution in [3.63, 3.8) is 0 Å². The van der Waals surface area contributed by atoms with Gasteiger partial charge in [0.2, 0.25) is 0 Å². The summed E-state index contributed by atoms with van der Waals surface area (Å²) in [5, 5.41) is 6.27. The van der Waals surface area contributed by atoms with Crippen molar-refractivity contribution in [3.05, 3.63) is 83.4 Å². The van der Waals surface area contributed by atoms with Crippen LogP contribution >= 0.6 is 0 Å². The van der Waals surface area contributed by atoms with E-state index in [2.05, 4.69) is 15.8 Å². The average Bonchev–Trinajstić information content (AvgIpc) is 2.86. The molecular weight excluding hydrogens is 450 g/mol. The highest BCUT2D eigenvalue weighted by atomic mass is 16.6. The molecule has 2 amide bonds. The number of carbonyl (C=O) groups is 3. The number of methoxy groups -OCH3 is 1. The molecule has 0 unspecified atom stereocenters. The third kappa shape index (κ3) is 7.16. The van der Waals surface area contributed by atoms with Gasteiger partial charge in [0.05, 0.1) is 25.5 Å². The number of esters is 1. The van der Waals surface area contributed by atoms with Gasteiger partial charge in [0.25, 0.3) is 0 Å². The molecule has 0 spiro atoms. The fourth-order valence-corrected chi connectivity index (χ4v) is 2.90. The molecule has 0 fully saturated rings. The highest BCUT2D eigenvalue weighted by Gasteiger charge is 2.14. The first-order chi connectivity index (χ1) is 16.9. The van der Waals surface area contributed by atoms with Gasteiger partial charge in [-0.25, -0.2) is 10.2 Å². The lowest BCUT2D eigenvalue weighted by atomic mass is 10.1. The fourth-order valence-electron chi connectivity index (χ4n) is 2.90. The van der Waals surface area contributed by atoms with E-state index in [4.69, 9.17) is 14.2 Å². The first-order valence-corrected chi connectivity index (χ1v) is 10.7. The maximum atomic E-state index is 12.4. The summed E-state index contributed by atoms with van der Waals surface area (Å²) in [6, 6.07) is 18.4. The normalized spacial score (nSPS) is 10.5. The molecule has 9 heteroatoms. The Morgan fingerprint density at radius 2 is 1.63 bits per heavy atom. The van der Waals surface area contributed by atoms with Crippen molar-refractivity contribution in [2.45, 2.75) is 13.8 Å². The van der Waals surface area contributed by atoms with E-state index >= 15 is 0 Å². The summed E-state index contributed by atoms with van der Waals surface area (Å²) in [5.74, 6) is -1.14. The maximum absolute atomic E-state index is 12.4. The molecule has 0 saturated heterocycles. The highest BCUT2D eigenvalue weighted by Crippen LogP contribution is 2.28. The summed E-state index contributed by atoms with van der Waals surface area (Å²) in [4.78, 5) is 36.4. The van der Waals surface area contributed by atoms with Crippen molar-refractivity contribution in [2.75, 3.05) is 19.0 Å². The molecule has 0 saturated carbocycles. The van der Waals surface area contributed by atoms with Crippen LogP contribution in [0.4, 0.5) is 5.69 Å². The fraction of sp³-hybridized carbons (Fsp3) is 0.154. The monoisotopic (exact) mass is 475 g/mol. The molecule has 0 aliphatic carbocycles. The van der Waals surface area contributed by atoms with E-state index in [1.54, 1.807) is 54.6 Å². The van der Waals surface area contributed by atoms with Crippen LogP contribution in [-0.4, -0.2) is 37.7 Å². The van der Waals surface area contributed by atoms with E-state index in [-0.39, 0.29) is 5.75 Å². The second-order valence-corrected chi connectivity index (χ2v) is 7.28. The Bertz CT molecular complexity index is 1220. The van der Waals surface area contributed by atoms with Crippen molar-refractivity contribution < 1.29 is 28.6 Å². The van der Waals surface area contributed by atoms with Gasteiger partial charge in [-0.2, -0.15) is 5.10 Å². The number of hydrogen-bond acceptors (Lipinski definition) is 7. The van der Waals surface area contributed by atoms with Gasteiger partial charge < -0.3 is 19.5 Å². The van der Waals surface area contributed by atoms with Gasteiger partial charge in [-0.1, -0.05) is 17.7 Å². The quantitative estimate of drug-likeness (QED) is 0.169. The molecule has 0 aliphatic heterocycles. The van der Waals surface area contributed by atoms with Gasteiger partial charge in [-0.05, 0) is 74.0 Å². The summed E-state index contributed by atoms with van der Waals surface area (Å²) in [5.41, 5.74) is 4.59. The number of ether oxygens (including phenoxy) is 3. The number of rotatable bonds is 8. The number of aryl methyl sites for hydroxylation is 1. The molecule has 0 radical (unpaired) electrons. The third-order valence-electron chi connectivity index (χ3n) is 4.69. The number of nitrogens with one attached hydrogen (secondary N) is 2. The van der Waals surface area contributed by atoms with Gasteiger partial charge in [-0.15, -0.1) is 0 Å². The van der Waals surface area contributed by atoms with Crippen LogP contribution in [0.3, 0.4) is 0 Å². The molecule has 2 N–H and O–H groups in total. The Morgan fingerprint density at radius 3 is 2.29 bits per heavy atom. The predicted octanol–water partition coefficient (Wildman–Crippen LogP) is 3.71. The zero-order valence-corrected chi connectivity index (χ0v) is 19.5. The SMILES string of the molecule is CCOc1ccc(NC(=O)C(=O)NN=Cc2ccc(OC(=O)c3ccc(C)cc3)c(OC)c2)cc1.